The first-order chi connectivity index (χ1) is 11.1. The predicted molar refractivity (Wildman–Crippen MR) is 94.1 cm³/mol. The van der Waals surface area contributed by atoms with Gasteiger partial charge in [0.15, 0.2) is 0 Å². The van der Waals surface area contributed by atoms with Gasteiger partial charge in [-0.25, -0.2) is 9.97 Å². The molecule has 2 aromatic heterocycles. The summed E-state index contributed by atoms with van der Waals surface area (Å²) in [5.74, 6) is 0.791. The van der Waals surface area contributed by atoms with Crippen LogP contribution in [0.4, 0.5) is 5.82 Å². The molecule has 1 aromatic carbocycles. The second-order valence-corrected chi connectivity index (χ2v) is 6.36. The lowest BCUT2D eigenvalue weighted by Gasteiger charge is -2.15. The van der Waals surface area contributed by atoms with Gasteiger partial charge in [0.25, 0.3) is 5.91 Å². The Balaban J connectivity index is 1.90. The molecule has 1 amide bonds. The van der Waals surface area contributed by atoms with Crippen LogP contribution in [0.3, 0.4) is 0 Å². The summed E-state index contributed by atoms with van der Waals surface area (Å²) < 4.78 is 0. The van der Waals surface area contributed by atoms with Gasteiger partial charge >= 0.3 is 0 Å². The van der Waals surface area contributed by atoms with E-state index in [1.54, 1.807) is 5.51 Å². The number of hydrogen-bond donors (Lipinski definition) is 1. The van der Waals surface area contributed by atoms with E-state index in [9.17, 15) is 4.79 Å². The van der Waals surface area contributed by atoms with E-state index in [-0.39, 0.29) is 5.91 Å². The molecule has 6 heteroatoms. The molecule has 0 aliphatic heterocycles. The molecular formula is C17H18N4OS. The van der Waals surface area contributed by atoms with Crippen molar-refractivity contribution in [2.75, 3.05) is 19.0 Å². The summed E-state index contributed by atoms with van der Waals surface area (Å²) in [5.41, 5.74) is 4.43. The summed E-state index contributed by atoms with van der Waals surface area (Å²) in [7, 11) is 3.92. The van der Waals surface area contributed by atoms with Gasteiger partial charge in [-0.2, -0.15) is 0 Å². The zero-order chi connectivity index (χ0) is 16.4. The second kappa shape index (κ2) is 6.34. The molecule has 0 saturated heterocycles. The second-order valence-electron chi connectivity index (χ2n) is 5.50. The van der Waals surface area contributed by atoms with Gasteiger partial charge in [0, 0.05) is 26.0 Å². The largest absolute Gasteiger partial charge is 0.363 e. The number of nitrogens with one attached hydrogen (secondary N) is 1. The number of nitrogens with zero attached hydrogens (tertiary/aromatic N) is 3. The van der Waals surface area contributed by atoms with E-state index in [0.717, 1.165) is 28.0 Å². The molecule has 118 valence electrons. The molecule has 5 nitrogen and oxygen atoms in total. The Bertz CT molecular complexity index is 857. The van der Waals surface area contributed by atoms with Crippen LogP contribution in [0.1, 0.15) is 20.9 Å². The number of para-hydroxylation sites is 1. The third kappa shape index (κ3) is 3.17. The molecule has 0 saturated carbocycles. The molecule has 0 fully saturated rings. The van der Waals surface area contributed by atoms with Crippen LogP contribution in [0.5, 0.6) is 0 Å². The van der Waals surface area contributed by atoms with Crippen molar-refractivity contribution >= 4 is 34.0 Å². The van der Waals surface area contributed by atoms with Crippen LogP contribution in [-0.2, 0) is 6.54 Å². The van der Waals surface area contributed by atoms with Gasteiger partial charge in [-0.15, -0.1) is 11.3 Å². The molecule has 0 bridgehead atoms. The molecule has 0 aliphatic carbocycles. The van der Waals surface area contributed by atoms with Crippen LogP contribution in [0.2, 0.25) is 0 Å². The lowest BCUT2D eigenvalue weighted by Crippen LogP contribution is -2.23. The molecule has 1 N–H and O–H groups in total. The lowest BCUT2D eigenvalue weighted by molar-refractivity contribution is 0.0954. The first-order valence-electron chi connectivity index (χ1n) is 7.30. The number of aromatic nitrogens is 2. The molecule has 0 atom stereocenters. The number of anilines is 1. The van der Waals surface area contributed by atoms with Crippen molar-refractivity contribution in [1.29, 1.82) is 0 Å². The number of amides is 1. The van der Waals surface area contributed by atoms with Crippen LogP contribution in [0, 0.1) is 6.92 Å². The maximum Gasteiger partial charge on any atom is 0.263 e. The first kappa shape index (κ1) is 15.4. The zero-order valence-electron chi connectivity index (χ0n) is 13.3. The number of fused-ring (bicyclic) bond motifs is 1. The Kier molecular flexibility index (Phi) is 4.25. The maximum absolute atomic E-state index is 12.3. The fourth-order valence-corrected chi connectivity index (χ4v) is 3.10. The molecule has 0 unspecified atom stereocenters. The Morgan fingerprint density at radius 2 is 2.09 bits per heavy atom. The minimum absolute atomic E-state index is 0.0858. The van der Waals surface area contributed by atoms with Gasteiger partial charge in [0.05, 0.1) is 16.7 Å². The number of carbonyl (C=O) groups is 1. The van der Waals surface area contributed by atoms with Crippen LogP contribution in [-0.4, -0.2) is 30.0 Å². The van der Waals surface area contributed by atoms with Gasteiger partial charge < -0.3 is 10.2 Å². The average molecular weight is 326 g/mol. The summed E-state index contributed by atoms with van der Waals surface area (Å²) in [5, 5.41) is 4.04. The van der Waals surface area contributed by atoms with Crippen molar-refractivity contribution in [2.24, 2.45) is 0 Å². The lowest BCUT2D eigenvalue weighted by atomic mass is 10.1. The monoisotopic (exact) mass is 326 g/mol. The normalized spacial score (nSPS) is 10.7. The van der Waals surface area contributed by atoms with Gasteiger partial charge in [0.2, 0.25) is 0 Å². The number of carbonyl (C=O) groups excluding carboxylic acids is 1. The van der Waals surface area contributed by atoms with E-state index in [4.69, 9.17) is 0 Å². The first-order valence-corrected chi connectivity index (χ1v) is 8.18. The predicted octanol–water partition coefficient (Wildman–Crippen LogP) is 3.00. The highest BCUT2D eigenvalue weighted by Crippen LogP contribution is 2.22. The third-order valence-corrected chi connectivity index (χ3v) is 4.57. The standard InChI is InChI=1S/C17H18N4OS/c1-11-16(23-10-19-11)17(22)18-9-12-8-15(21(2)3)20-14-7-5-4-6-13(12)14/h4-8,10H,9H2,1-3H3,(H,18,22). The Morgan fingerprint density at radius 3 is 2.78 bits per heavy atom. The number of rotatable bonds is 4. The zero-order valence-corrected chi connectivity index (χ0v) is 14.1. The van der Waals surface area contributed by atoms with E-state index >= 15 is 0 Å². The number of pyridine rings is 1. The highest BCUT2D eigenvalue weighted by atomic mass is 32.1. The van der Waals surface area contributed by atoms with Crippen molar-refractivity contribution in [1.82, 2.24) is 15.3 Å². The molecule has 23 heavy (non-hydrogen) atoms. The Morgan fingerprint density at radius 1 is 1.30 bits per heavy atom. The van der Waals surface area contributed by atoms with Gasteiger partial charge in [-0.3, -0.25) is 4.79 Å². The quantitative estimate of drug-likeness (QED) is 0.801. The van der Waals surface area contributed by atoms with Gasteiger partial charge in [0.1, 0.15) is 10.7 Å². The summed E-state index contributed by atoms with van der Waals surface area (Å²) in [6.45, 7) is 2.30. The van der Waals surface area contributed by atoms with E-state index in [1.165, 1.54) is 11.3 Å². The fourth-order valence-electron chi connectivity index (χ4n) is 2.38. The summed E-state index contributed by atoms with van der Waals surface area (Å²) in [4.78, 5) is 23.7. The van der Waals surface area contributed by atoms with Crippen molar-refractivity contribution in [3.05, 3.63) is 52.0 Å². The number of benzene rings is 1. The molecule has 2 heterocycles. The van der Waals surface area contributed by atoms with E-state index in [2.05, 4.69) is 15.3 Å². The third-order valence-electron chi connectivity index (χ3n) is 3.64. The Labute approximate surface area is 139 Å². The SMILES string of the molecule is Cc1ncsc1C(=O)NCc1cc(N(C)C)nc2ccccc12. The minimum atomic E-state index is -0.0858. The molecule has 0 spiro atoms. The van der Waals surface area contributed by atoms with Crippen LogP contribution >= 0.6 is 11.3 Å². The number of hydrogen-bond acceptors (Lipinski definition) is 5. The van der Waals surface area contributed by atoms with Crippen LogP contribution in [0.15, 0.2) is 35.8 Å². The van der Waals surface area contributed by atoms with Crippen molar-refractivity contribution in [3.8, 4) is 0 Å². The van der Waals surface area contributed by atoms with Gasteiger partial charge in [-0.05, 0) is 24.6 Å². The maximum atomic E-state index is 12.3. The van der Waals surface area contributed by atoms with E-state index in [1.807, 2.05) is 56.3 Å². The molecule has 3 aromatic rings. The highest BCUT2D eigenvalue weighted by molar-refractivity contribution is 7.11. The van der Waals surface area contributed by atoms with Gasteiger partial charge in [-0.1, -0.05) is 18.2 Å². The smallest absolute Gasteiger partial charge is 0.263 e. The van der Waals surface area contributed by atoms with Crippen molar-refractivity contribution in [3.63, 3.8) is 0 Å². The minimum Gasteiger partial charge on any atom is -0.363 e. The van der Waals surface area contributed by atoms with Crippen molar-refractivity contribution < 1.29 is 4.79 Å². The fraction of sp³-hybridized carbons (Fsp3) is 0.235. The molecule has 0 aliphatic rings. The summed E-state index contributed by atoms with van der Waals surface area (Å²) in [6, 6.07) is 9.99. The summed E-state index contributed by atoms with van der Waals surface area (Å²) in [6.07, 6.45) is 0. The number of thiazole rings is 1. The van der Waals surface area contributed by atoms with Crippen LogP contribution in [0.25, 0.3) is 10.9 Å². The van der Waals surface area contributed by atoms with E-state index in [0.29, 0.717) is 11.4 Å². The molecule has 0 radical (unpaired) electrons. The van der Waals surface area contributed by atoms with E-state index < -0.39 is 0 Å². The van der Waals surface area contributed by atoms with Crippen LogP contribution < -0.4 is 10.2 Å². The Hall–Kier alpha value is -2.47. The average Bonchev–Trinajstić information content (AvgIpc) is 2.98. The molecular weight excluding hydrogens is 308 g/mol. The highest BCUT2D eigenvalue weighted by Gasteiger charge is 2.13. The number of aryl methyl sites for hydroxylation is 1. The van der Waals surface area contributed by atoms with Crippen molar-refractivity contribution in [2.45, 2.75) is 13.5 Å². The molecule has 3 rings (SSSR count). The topological polar surface area (TPSA) is 58.1 Å². The summed E-state index contributed by atoms with van der Waals surface area (Å²) >= 11 is 1.36.